The maximum atomic E-state index is 11.8. The van der Waals surface area contributed by atoms with Crippen LogP contribution in [0.4, 0.5) is 5.88 Å². The predicted molar refractivity (Wildman–Crippen MR) is 126 cm³/mol. The van der Waals surface area contributed by atoms with Crippen molar-refractivity contribution in [3.8, 4) is 40.2 Å². The van der Waals surface area contributed by atoms with Crippen LogP contribution in [0.1, 0.15) is 28.6 Å². The van der Waals surface area contributed by atoms with Crippen molar-refractivity contribution in [1.29, 1.82) is 5.26 Å². The molecule has 0 unspecified atom stereocenters. The van der Waals surface area contributed by atoms with Gasteiger partial charge in [-0.2, -0.15) is 5.26 Å². The summed E-state index contributed by atoms with van der Waals surface area (Å²) in [5.41, 5.74) is 1.92. The molecule has 0 saturated heterocycles. The topological polar surface area (TPSA) is 115 Å². The Morgan fingerprint density at radius 3 is 2.37 bits per heavy atom. The number of nitriles is 1. The van der Waals surface area contributed by atoms with Crippen LogP contribution in [0, 0.1) is 11.3 Å². The second-order valence-corrected chi connectivity index (χ2v) is 7.31. The molecule has 0 spiro atoms. The normalized spacial score (nSPS) is 11.1. The molecule has 0 amide bonds. The van der Waals surface area contributed by atoms with E-state index in [1.54, 1.807) is 67.6 Å². The van der Waals surface area contributed by atoms with E-state index in [2.05, 4.69) is 11.1 Å². The minimum Gasteiger partial charge on any atom is -0.464 e. The van der Waals surface area contributed by atoms with Crippen molar-refractivity contribution in [3.05, 3.63) is 90.1 Å². The van der Waals surface area contributed by atoms with Crippen LogP contribution in [0.25, 0.3) is 34.2 Å². The highest BCUT2D eigenvalue weighted by molar-refractivity contribution is 5.90. The number of carbonyl (C=O) groups is 1. The van der Waals surface area contributed by atoms with Gasteiger partial charge >= 0.3 is 5.97 Å². The first-order valence-corrected chi connectivity index (χ1v) is 10.7. The Labute approximate surface area is 199 Å². The fraction of sp³-hybridized carbons (Fsp3) is 0.0741. The van der Waals surface area contributed by atoms with E-state index in [1.165, 1.54) is 18.7 Å². The zero-order chi connectivity index (χ0) is 24.2. The summed E-state index contributed by atoms with van der Waals surface area (Å²) in [7, 11) is 0. The van der Waals surface area contributed by atoms with E-state index in [4.69, 9.17) is 22.4 Å². The Bertz CT molecular complexity index is 1510. The largest absolute Gasteiger partial charge is 0.464 e. The molecule has 35 heavy (non-hydrogen) atoms. The van der Waals surface area contributed by atoms with Gasteiger partial charge in [0.15, 0.2) is 11.5 Å². The molecule has 0 aliphatic heterocycles. The van der Waals surface area contributed by atoms with E-state index in [0.29, 0.717) is 46.5 Å². The number of nitrogens with zero attached hydrogens (tertiary/aromatic N) is 2. The van der Waals surface area contributed by atoms with Gasteiger partial charge in [0.25, 0.3) is 0 Å². The van der Waals surface area contributed by atoms with E-state index >= 15 is 0 Å². The van der Waals surface area contributed by atoms with Crippen molar-refractivity contribution in [1.82, 2.24) is 0 Å². The summed E-state index contributed by atoms with van der Waals surface area (Å²) in [6, 6.07) is 19.5. The number of hydrogen-bond acceptors (Lipinski definition) is 8. The molecule has 0 radical (unpaired) electrons. The summed E-state index contributed by atoms with van der Waals surface area (Å²) in [5.74, 6) is 2.02. The van der Waals surface area contributed by atoms with Crippen LogP contribution in [0.3, 0.4) is 0 Å². The number of benzene rings is 1. The fourth-order valence-corrected chi connectivity index (χ4v) is 3.54. The van der Waals surface area contributed by atoms with Crippen LogP contribution in [0.15, 0.2) is 95.9 Å². The number of rotatable bonds is 7. The predicted octanol–water partition coefficient (Wildman–Crippen LogP) is 6.86. The van der Waals surface area contributed by atoms with Crippen molar-refractivity contribution in [3.63, 3.8) is 0 Å². The van der Waals surface area contributed by atoms with Gasteiger partial charge in [-0.1, -0.05) is 12.1 Å². The smallest absolute Gasteiger partial charge is 0.338 e. The van der Waals surface area contributed by atoms with Crippen LogP contribution in [0.2, 0.25) is 0 Å². The Hall–Kier alpha value is -5.03. The van der Waals surface area contributed by atoms with Gasteiger partial charge in [0.1, 0.15) is 28.9 Å². The first-order valence-electron chi connectivity index (χ1n) is 10.7. The van der Waals surface area contributed by atoms with Gasteiger partial charge in [-0.15, -0.1) is 0 Å². The van der Waals surface area contributed by atoms with Crippen molar-refractivity contribution in [2.75, 3.05) is 6.61 Å². The summed E-state index contributed by atoms with van der Waals surface area (Å²) in [4.78, 5) is 16.2. The zero-order valence-electron chi connectivity index (χ0n) is 18.6. The molecule has 5 rings (SSSR count). The highest BCUT2D eigenvalue weighted by Crippen LogP contribution is 2.42. The van der Waals surface area contributed by atoms with Gasteiger partial charge in [0, 0.05) is 5.56 Å². The number of ether oxygens (including phenoxy) is 1. The third kappa shape index (κ3) is 4.30. The molecule has 0 aliphatic rings. The summed E-state index contributed by atoms with van der Waals surface area (Å²) in [6.07, 6.45) is 4.50. The number of esters is 1. The summed E-state index contributed by atoms with van der Waals surface area (Å²) >= 11 is 0. The molecular formula is C27H18N2O6. The Morgan fingerprint density at radius 2 is 1.71 bits per heavy atom. The molecule has 8 heteroatoms. The van der Waals surface area contributed by atoms with Crippen LogP contribution in [0.5, 0.6) is 0 Å². The maximum Gasteiger partial charge on any atom is 0.338 e. The molecule has 8 nitrogen and oxygen atoms in total. The van der Waals surface area contributed by atoms with Crippen LogP contribution < -0.4 is 0 Å². The minimum absolute atomic E-state index is 0.0991. The SMILES string of the molecule is CCOC(=O)c1ccc(-c2ccc(C=Nc3oc(-c4ccco4)c(-c4ccco4)c3C#N)o2)cc1. The number of furan rings is 4. The van der Waals surface area contributed by atoms with Crippen molar-refractivity contribution < 1.29 is 27.2 Å². The second-order valence-electron chi connectivity index (χ2n) is 7.31. The molecule has 0 bridgehead atoms. The standard InChI is InChI=1S/C27H18N2O6/c1-2-31-27(30)18-9-7-17(8-10-18)21-12-11-19(34-21)16-29-26-20(15-28)24(22-5-3-13-32-22)25(35-26)23-6-4-14-33-23/h3-14,16H,2H2,1H3. The molecule has 5 aromatic rings. The zero-order valence-corrected chi connectivity index (χ0v) is 18.6. The number of aliphatic imine (C=N–C) groups is 1. The third-order valence-corrected chi connectivity index (χ3v) is 5.13. The lowest BCUT2D eigenvalue weighted by atomic mass is 10.1. The molecule has 172 valence electrons. The van der Waals surface area contributed by atoms with E-state index in [9.17, 15) is 10.1 Å². The minimum atomic E-state index is -0.374. The molecule has 1 aromatic carbocycles. The molecule has 4 aromatic heterocycles. The number of carbonyl (C=O) groups excluding carboxylic acids is 1. The highest BCUT2D eigenvalue weighted by atomic mass is 16.5. The average molecular weight is 466 g/mol. The van der Waals surface area contributed by atoms with Crippen molar-refractivity contribution in [2.24, 2.45) is 4.99 Å². The van der Waals surface area contributed by atoms with Crippen molar-refractivity contribution in [2.45, 2.75) is 6.92 Å². The maximum absolute atomic E-state index is 11.8. The first kappa shape index (κ1) is 21.8. The van der Waals surface area contributed by atoms with E-state index in [-0.39, 0.29) is 17.4 Å². The summed E-state index contributed by atoms with van der Waals surface area (Å²) < 4.78 is 27.8. The van der Waals surface area contributed by atoms with Gasteiger partial charge in [-0.3, -0.25) is 0 Å². The molecule has 0 saturated carbocycles. The van der Waals surface area contributed by atoms with Crippen LogP contribution >= 0.6 is 0 Å². The van der Waals surface area contributed by atoms with E-state index in [1.807, 2.05) is 0 Å². The average Bonchev–Trinajstić information content (AvgIpc) is 3.68. The molecular weight excluding hydrogens is 448 g/mol. The lowest BCUT2D eigenvalue weighted by Gasteiger charge is -2.02. The Kier molecular flexibility index (Phi) is 5.89. The summed E-state index contributed by atoms with van der Waals surface area (Å²) in [6.45, 7) is 2.08. The molecule has 0 atom stereocenters. The molecule has 0 aliphatic carbocycles. The van der Waals surface area contributed by atoms with E-state index < -0.39 is 0 Å². The molecule has 0 fully saturated rings. The second kappa shape index (κ2) is 9.45. The highest BCUT2D eigenvalue weighted by Gasteiger charge is 2.26. The molecule has 0 N–H and O–H groups in total. The van der Waals surface area contributed by atoms with Crippen LogP contribution in [-0.2, 0) is 4.74 Å². The third-order valence-electron chi connectivity index (χ3n) is 5.13. The Morgan fingerprint density at radius 1 is 0.971 bits per heavy atom. The lowest BCUT2D eigenvalue weighted by Crippen LogP contribution is -2.03. The van der Waals surface area contributed by atoms with Gasteiger partial charge in [0.2, 0.25) is 5.88 Å². The summed E-state index contributed by atoms with van der Waals surface area (Å²) in [5, 5.41) is 9.84. The van der Waals surface area contributed by atoms with E-state index in [0.717, 1.165) is 5.56 Å². The van der Waals surface area contributed by atoms with Crippen molar-refractivity contribution >= 4 is 18.1 Å². The van der Waals surface area contributed by atoms with Gasteiger partial charge < -0.3 is 22.4 Å². The molecule has 4 heterocycles. The van der Waals surface area contributed by atoms with Gasteiger partial charge in [-0.05, 0) is 55.5 Å². The quantitative estimate of drug-likeness (QED) is 0.190. The lowest BCUT2D eigenvalue weighted by molar-refractivity contribution is 0.0526. The van der Waals surface area contributed by atoms with Crippen LogP contribution in [-0.4, -0.2) is 18.8 Å². The fourth-order valence-electron chi connectivity index (χ4n) is 3.54. The Balaban J connectivity index is 1.44. The van der Waals surface area contributed by atoms with Gasteiger partial charge in [0.05, 0.1) is 36.5 Å². The monoisotopic (exact) mass is 466 g/mol. The van der Waals surface area contributed by atoms with Gasteiger partial charge in [-0.25, -0.2) is 9.79 Å². The number of hydrogen-bond donors (Lipinski definition) is 0. The first-order chi connectivity index (χ1) is 17.2.